The van der Waals surface area contributed by atoms with E-state index in [0.717, 1.165) is 16.7 Å². The summed E-state index contributed by atoms with van der Waals surface area (Å²) in [6.07, 6.45) is -1.68. The van der Waals surface area contributed by atoms with Gasteiger partial charge in [-0.2, -0.15) is 4.31 Å². The summed E-state index contributed by atoms with van der Waals surface area (Å²) in [6.45, 7) is 4.62. The van der Waals surface area contributed by atoms with Crippen molar-refractivity contribution >= 4 is 37.7 Å². The number of aliphatic hydroxyl groups is 1. The van der Waals surface area contributed by atoms with E-state index in [4.69, 9.17) is 14.2 Å². The van der Waals surface area contributed by atoms with Gasteiger partial charge < -0.3 is 24.6 Å². The molecule has 40 heavy (non-hydrogen) atoms. The first-order valence-corrected chi connectivity index (χ1v) is 15.8. The predicted octanol–water partition coefficient (Wildman–Crippen LogP) is 3.40. The van der Waals surface area contributed by atoms with Crippen molar-refractivity contribution in [3.05, 3.63) is 59.6 Å². The average Bonchev–Trinajstić information content (AvgIpc) is 3.66. The van der Waals surface area contributed by atoms with Crippen LogP contribution in [-0.2, 0) is 30.7 Å². The monoisotopic (exact) mass is 589 g/mol. The zero-order valence-corrected chi connectivity index (χ0v) is 24.1. The molecule has 2 N–H and O–H groups in total. The van der Waals surface area contributed by atoms with Crippen LogP contribution in [0.3, 0.4) is 0 Å². The Morgan fingerprint density at radius 1 is 1.20 bits per heavy atom. The first-order valence-electron chi connectivity index (χ1n) is 13.5. The number of nitrogens with one attached hydrogen (secondary N) is 1. The fourth-order valence-corrected chi connectivity index (χ4v) is 7.48. The lowest BCUT2D eigenvalue weighted by molar-refractivity contribution is -0.0907. The van der Waals surface area contributed by atoms with Crippen LogP contribution in [0.1, 0.15) is 25.8 Å². The molecule has 0 spiro atoms. The Kier molecular flexibility index (Phi) is 9.03. The highest BCUT2D eigenvalue weighted by atomic mass is 32.2. The third-order valence-electron chi connectivity index (χ3n) is 7.21. The maximum Gasteiger partial charge on any atom is 0.407 e. The second-order valence-electron chi connectivity index (χ2n) is 10.7. The van der Waals surface area contributed by atoms with Gasteiger partial charge in [0.15, 0.2) is 6.29 Å². The van der Waals surface area contributed by atoms with Crippen molar-refractivity contribution in [2.24, 2.45) is 11.8 Å². The van der Waals surface area contributed by atoms with Gasteiger partial charge in [0, 0.05) is 13.1 Å². The Morgan fingerprint density at radius 3 is 2.77 bits per heavy atom. The highest BCUT2D eigenvalue weighted by Crippen LogP contribution is 2.33. The van der Waals surface area contributed by atoms with Gasteiger partial charge >= 0.3 is 6.09 Å². The number of aromatic nitrogens is 1. The van der Waals surface area contributed by atoms with E-state index in [-0.39, 0.29) is 49.1 Å². The molecule has 1 aromatic heterocycles. The lowest BCUT2D eigenvalue weighted by atomic mass is 10.0. The third-order valence-corrected chi connectivity index (χ3v) is 9.85. The summed E-state index contributed by atoms with van der Waals surface area (Å²) in [5, 5.41) is 14.2. The number of carbonyl (C=O) groups excluding carboxylic acids is 1. The summed E-state index contributed by atoms with van der Waals surface area (Å²) in [7, 11) is -3.96. The number of amides is 1. The number of nitrogens with zero attached hydrogens (tertiary/aromatic N) is 2. The molecule has 2 aliphatic heterocycles. The van der Waals surface area contributed by atoms with Gasteiger partial charge in [-0.25, -0.2) is 18.2 Å². The minimum absolute atomic E-state index is 0.000538. The molecule has 2 aliphatic rings. The van der Waals surface area contributed by atoms with Crippen LogP contribution in [-0.4, -0.2) is 79.7 Å². The van der Waals surface area contributed by atoms with E-state index in [2.05, 4.69) is 10.3 Å². The summed E-state index contributed by atoms with van der Waals surface area (Å²) in [5.41, 5.74) is 3.16. The van der Waals surface area contributed by atoms with Gasteiger partial charge in [-0.05, 0) is 42.5 Å². The van der Waals surface area contributed by atoms with Crippen molar-refractivity contribution in [2.75, 3.05) is 26.3 Å². The lowest BCUT2D eigenvalue weighted by Gasteiger charge is -2.31. The second-order valence-corrected chi connectivity index (χ2v) is 13.5. The molecule has 5 atom stereocenters. The van der Waals surface area contributed by atoms with Gasteiger partial charge in [0.25, 0.3) is 0 Å². The Hall–Kier alpha value is -2.61. The Labute approximate surface area is 238 Å². The number of rotatable bonds is 11. The molecule has 10 nitrogen and oxygen atoms in total. The summed E-state index contributed by atoms with van der Waals surface area (Å²) < 4.78 is 46.5. The largest absolute Gasteiger partial charge is 0.443 e. The molecule has 0 aliphatic carbocycles. The van der Waals surface area contributed by atoms with Crippen molar-refractivity contribution in [1.82, 2.24) is 14.6 Å². The lowest BCUT2D eigenvalue weighted by Crippen LogP contribution is -2.51. The van der Waals surface area contributed by atoms with E-state index in [0.29, 0.717) is 12.1 Å². The smallest absolute Gasteiger partial charge is 0.407 e. The summed E-state index contributed by atoms with van der Waals surface area (Å²) in [6, 6.07) is 13.5. The van der Waals surface area contributed by atoms with E-state index in [1.165, 1.54) is 15.6 Å². The van der Waals surface area contributed by atoms with E-state index in [9.17, 15) is 18.3 Å². The van der Waals surface area contributed by atoms with Crippen LogP contribution in [0.4, 0.5) is 4.79 Å². The molecule has 2 fully saturated rings. The fraction of sp³-hybridized carbons (Fsp3) is 0.500. The second kappa shape index (κ2) is 12.5. The number of hydrogen-bond donors (Lipinski definition) is 2. The predicted molar refractivity (Wildman–Crippen MR) is 150 cm³/mol. The standard InChI is InChI=1S/C28H35N3O7S2/c1-18(2)14-31(40(34,35)20-8-9-26-23(13-20)29-17-39-26)15-24(32)22(12-19-6-4-3-5-7-19)30-28(33)38-25-16-37-27-21(25)10-11-36-27/h3-9,13,17-18,21-22,24-25,27,32H,10-12,14-16H2,1-2H3,(H,30,33)/t21?,22-,24+,25?,27?/m0/s1. The number of benzene rings is 2. The first kappa shape index (κ1) is 28.9. The molecule has 2 saturated heterocycles. The molecule has 1 amide bonds. The molecule has 0 radical (unpaired) electrons. The van der Waals surface area contributed by atoms with Gasteiger partial charge in [0.1, 0.15) is 6.10 Å². The van der Waals surface area contributed by atoms with Crippen LogP contribution >= 0.6 is 11.3 Å². The van der Waals surface area contributed by atoms with Gasteiger partial charge in [0.2, 0.25) is 10.0 Å². The SMILES string of the molecule is CC(C)CN(C[C@@H](O)[C@H](Cc1ccccc1)NC(=O)OC1COC2OCCC12)S(=O)(=O)c1ccc2scnc2c1. The number of hydrogen-bond acceptors (Lipinski definition) is 9. The summed E-state index contributed by atoms with van der Waals surface area (Å²) in [4.78, 5) is 17.4. The van der Waals surface area contributed by atoms with Crippen molar-refractivity contribution in [3.8, 4) is 0 Å². The highest BCUT2D eigenvalue weighted by molar-refractivity contribution is 7.89. The van der Waals surface area contributed by atoms with Crippen molar-refractivity contribution in [3.63, 3.8) is 0 Å². The summed E-state index contributed by atoms with van der Waals surface area (Å²) >= 11 is 1.44. The number of fused-ring (bicyclic) bond motifs is 2. The molecule has 216 valence electrons. The van der Waals surface area contributed by atoms with Crippen molar-refractivity contribution in [1.29, 1.82) is 0 Å². The van der Waals surface area contributed by atoms with Gasteiger partial charge in [-0.1, -0.05) is 44.2 Å². The fourth-order valence-electron chi connectivity index (χ4n) is 5.18. The maximum absolute atomic E-state index is 13.8. The minimum atomic E-state index is -3.96. The molecule has 5 rings (SSSR count). The number of thiazole rings is 1. The molecule has 3 unspecified atom stereocenters. The topological polar surface area (TPSA) is 127 Å². The number of ether oxygens (including phenoxy) is 3. The average molecular weight is 590 g/mol. The van der Waals surface area contributed by atoms with Crippen molar-refractivity contribution < 1.29 is 32.5 Å². The molecule has 3 aromatic rings. The van der Waals surface area contributed by atoms with Crippen LogP contribution in [0.5, 0.6) is 0 Å². The zero-order chi connectivity index (χ0) is 28.3. The number of carbonyl (C=O) groups is 1. The molecule has 2 aromatic carbocycles. The van der Waals surface area contributed by atoms with Gasteiger partial charge in [0.05, 0.1) is 51.9 Å². The van der Waals surface area contributed by atoms with E-state index in [1.807, 2.05) is 44.2 Å². The van der Waals surface area contributed by atoms with E-state index in [1.54, 1.807) is 23.7 Å². The molecular formula is C28H35N3O7S2. The third kappa shape index (κ3) is 6.64. The molecule has 3 heterocycles. The summed E-state index contributed by atoms with van der Waals surface area (Å²) in [5.74, 6) is -0.0237. The van der Waals surface area contributed by atoms with Crippen LogP contribution < -0.4 is 5.32 Å². The molecule has 0 saturated carbocycles. The van der Waals surface area contributed by atoms with Crippen LogP contribution in [0, 0.1) is 11.8 Å². The van der Waals surface area contributed by atoms with Crippen LogP contribution in [0.25, 0.3) is 10.2 Å². The Bertz CT molecular complexity index is 1400. The Morgan fingerprint density at radius 2 is 2.00 bits per heavy atom. The van der Waals surface area contributed by atoms with Crippen molar-refractivity contribution in [2.45, 2.75) is 56.1 Å². The molecular weight excluding hydrogens is 554 g/mol. The minimum Gasteiger partial charge on any atom is -0.443 e. The van der Waals surface area contributed by atoms with Gasteiger partial charge in [-0.3, -0.25) is 0 Å². The quantitative estimate of drug-likeness (QED) is 0.349. The molecule has 0 bridgehead atoms. The van der Waals surface area contributed by atoms with Crippen LogP contribution in [0.2, 0.25) is 0 Å². The number of alkyl carbamates (subject to hydrolysis) is 1. The Balaban J connectivity index is 1.34. The normalized spacial score (nSPS) is 22.5. The zero-order valence-electron chi connectivity index (χ0n) is 22.5. The van der Waals surface area contributed by atoms with E-state index >= 15 is 0 Å². The highest BCUT2D eigenvalue weighted by Gasteiger charge is 2.44. The van der Waals surface area contributed by atoms with Gasteiger partial charge in [-0.15, -0.1) is 11.3 Å². The first-order chi connectivity index (χ1) is 19.2. The number of sulfonamides is 1. The number of aliphatic hydroxyl groups excluding tert-OH is 1. The van der Waals surface area contributed by atoms with E-state index < -0.39 is 34.4 Å². The maximum atomic E-state index is 13.8. The van der Waals surface area contributed by atoms with Crippen LogP contribution in [0.15, 0.2) is 58.9 Å². The molecule has 12 heteroatoms.